The third kappa shape index (κ3) is 4.28. The summed E-state index contributed by atoms with van der Waals surface area (Å²) in [5.41, 5.74) is 0.173. The fourth-order valence-corrected chi connectivity index (χ4v) is 3.27. The number of carbonyl (C=O) groups is 2. The van der Waals surface area contributed by atoms with Gasteiger partial charge in [0.1, 0.15) is 12.7 Å². The Morgan fingerprint density at radius 3 is 2.77 bits per heavy atom. The molecule has 0 saturated carbocycles. The number of pyridine rings is 1. The lowest BCUT2D eigenvalue weighted by Crippen LogP contribution is -2.43. The Bertz CT molecular complexity index is 934. The molecule has 30 heavy (non-hydrogen) atoms. The smallest absolute Gasteiger partial charge is 0.325 e. The number of hydrogen-bond acceptors (Lipinski definition) is 6. The molecule has 158 valence electrons. The minimum absolute atomic E-state index is 0.117. The van der Waals surface area contributed by atoms with Gasteiger partial charge in [0.15, 0.2) is 17.0 Å². The van der Waals surface area contributed by atoms with E-state index in [1.165, 1.54) is 7.11 Å². The summed E-state index contributed by atoms with van der Waals surface area (Å²) in [6.07, 6.45) is 2.96. The number of ether oxygens (including phenoxy) is 2. The monoisotopic (exact) mass is 411 g/mol. The molecule has 1 aromatic carbocycles. The molecule has 3 rings (SSSR count). The topological polar surface area (TPSA) is 101 Å². The number of rotatable bonds is 9. The lowest BCUT2D eigenvalue weighted by atomic mass is 9.97. The van der Waals surface area contributed by atoms with E-state index in [2.05, 4.69) is 16.9 Å². The van der Waals surface area contributed by atoms with Crippen LogP contribution in [0.5, 0.6) is 11.5 Å². The summed E-state index contributed by atoms with van der Waals surface area (Å²) in [7, 11) is 1.53. The average Bonchev–Trinajstić information content (AvgIpc) is 2.97. The molecule has 8 nitrogen and oxygen atoms in total. The molecule has 2 heterocycles. The van der Waals surface area contributed by atoms with Crippen LogP contribution in [0, 0.1) is 0 Å². The number of hydrogen-bond donors (Lipinski definition) is 2. The maximum atomic E-state index is 12.9. The zero-order chi connectivity index (χ0) is 21.7. The fourth-order valence-electron chi connectivity index (χ4n) is 3.27. The standard InChI is InChI=1S/C22H25N3O5/c1-4-7-15-9-10-17(18(12-15)29-3)30-14-16(26)13-25-20(27)22(2,24-21(25)28)19-8-5-6-11-23-19/h4-6,8-12,16,26H,1,7,13-14H2,2-3H3,(H,24,28)/t16-,22+/m0/s1. The number of imide groups is 1. The number of allylic oxidation sites excluding steroid dienone is 1. The summed E-state index contributed by atoms with van der Waals surface area (Å²) in [5, 5.41) is 13.0. The van der Waals surface area contributed by atoms with Crippen molar-refractivity contribution in [3.63, 3.8) is 0 Å². The van der Waals surface area contributed by atoms with E-state index < -0.39 is 23.6 Å². The molecule has 2 N–H and O–H groups in total. The fraction of sp³-hybridized carbons (Fsp3) is 0.318. The van der Waals surface area contributed by atoms with Gasteiger partial charge in [-0.25, -0.2) is 4.79 Å². The Morgan fingerprint density at radius 2 is 2.10 bits per heavy atom. The average molecular weight is 411 g/mol. The van der Waals surface area contributed by atoms with Crippen LogP contribution in [-0.4, -0.2) is 53.3 Å². The third-order valence-corrected chi connectivity index (χ3v) is 4.88. The first-order valence-electron chi connectivity index (χ1n) is 9.53. The zero-order valence-electron chi connectivity index (χ0n) is 17.0. The number of aromatic nitrogens is 1. The Balaban J connectivity index is 1.64. The molecular formula is C22H25N3O5. The van der Waals surface area contributed by atoms with Crippen molar-refractivity contribution in [2.75, 3.05) is 20.3 Å². The van der Waals surface area contributed by atoms with Gasteiger partial charge in [0.2, 0.25) is 0 Å². The highest BCUT2D eigenvalue weighted by atomic mass is 16.5. The van der Waals surface area contributed by atoms with Gasteiger partial charge in [0.05, 0.1) is 19.3 Å². The molecule has 3 amide bonds. The van der Waals surface area contributed by atoms with Crippen molar-refractivity contribution < 1.29 is 24.2 Å². The number of aliphatic hydroxyl groups is 1. The van der Waals surface area contributed by atoms with Crippen LogP contribution in [0.15, 0.2) is 55.3 Å². The minimum Gasteiger partial charge on any atom is -0.493 e. The number of β-amino-alcohol motifs (C(OH)–C–C–N with tert-alkyl or cyclic N) is 1. The van der Waals surface area contributed by atoms with Crippen LogP contribution >= 0.6 is 0 Å². The highest BCUT2D eigenvalue weighted by molar-refractivity contribution is 6.07. The van der Waals surface area contributed by atoms with E-state index in [0.29, 0.717) is 23.6 Å². The first-order valence-corrected chi connectivity index (χ1v) is 9.53. The van der Waals surface area contributed by atoms with Crippen LogP contribution < -0.4 is 14.8 Å². The summed E-state index contributed by atoms with van der Waals surface area (Å²) in [4.78, 5) is 30.4. The van der Waals surface area contributed by atoms with E-state index in [4.69, 9.17) is 9.47 Å². The van der Waals surface area contributed by atoms with Gasteiger partial charge < -0.3 is 19.9 Å². The second kappa shape index (κ2) is 8.96. The van der Waals surface area contributed by atoms with E-state index in [-0.39, 0.29) is 13.2 Å². The molecule has 0 radical (unpaired) electrons. The van der Waals surface area contributed by atoms with Crippen molar-refractivity contribution in [1.29, 1.82) is 0 Å². The van der Waals surface area contributed by atoms with Crippen LogP contribution in [0.4, 0.5) is 4.79 Å². The number of nitrogens with one attached hydrogen (secondary N) is 1. The lowest BCUT2D eigenvalue weighted by molar-refractivity contribution is -0.132. The zero-order valence-corrected chi connectivity index (χ0v) is 17.0. The number of aliphatic hydroxyl groups excluding tert-OH is 1. The Hall–Kier alpha value is -3.39. The van der Waals surface area contributed by atoms with E-state index in [0.717, 1.165) is 10.5 Å². The molecule has 0 spiro atoms. The molecule has 2 atom stereocenters. The van der Waals surface area contributed by atoms with Crippen LogP contribution in [0.2, 0.25) is 0 Å². The van der Waals surface area contributed by atoms with E-state index in [9.17, 15) is 14.7 Å². The maximum Gasteiger partial charge on any atom is 0.325 e. The minimum atomic E-state index is -1.27. The molecule has 1 aromatic heterocycles. The van der Waals surface area contributed by atoms with Crippen molar-refractivity contribution in [2.24, 2.45) is 0 Å². The van der Waals surface area contributed by atoms with Gasteiger partial charge in [-0.3, -0.25) is 14.7 Å². The second-order valence-corrected chi connectivity index (χ2v) is 7.13. The van der Waals surface area contributed by atoms with Crippen molar-refractivity contribution in [3.05, 3.63) is 66.5 Å². The quantitative estimate of drug-likeness (QED) is 0.484. The van der Waals surface area contributed by atoms with Gasteiger partial charge in [0.25, 0.3) is 5.91 Å². The molecule has 0 aliphatic carbocycles. The molecule has 8 heteroatoms. The summed E-state index contributed by atoms with van der Waals surface area (Å²) in [6, 6.07) is 10.0. The number of urea groups is 1. The predicted molar refractivity (Wildman–Crippen MR) is 110 cm³/mol. The Labute approximate surface area is 175 Å². The number of amides is 3. The molecule has 1 aliphatic rings. The maximum absolute atomic E-state index is 12.9. The molecule has 0 unspecified atom stereocenters. The molecule has 2 aromatic rings. The number of methoxy groups -OCH3 is 1. The van der Waals surface area contributed by atoms with Crippen LogP contribution in [0.25, 0.3) is 0 Å². The van der Waals surface area contributed by atoms with Crippen LogP contribution in [-0.2, 0) is 16.8 Å². The largest absolute Gasteiger partial charge is 0.493 e. The summed E-state index contributed by atoms with van der Waals surface area (Å²) < 4.78 is 11.0. The summed E-state index contributed by atoms with van der Waals surface area (Å²) in [5.74, 6) is 0.510. The van der Waals surface area contributed by atoms with Crippen LogP contribution in [0.1, 0.15) is 18.2 Å². The van der Waals surface area contributed by atoms with E-state index in [1.54, 1.807) is 43.5 Å². The molecular weight excluding hydrogens is 386 g/mol. The van der Waals surface area contributed by atoms with Crippen LogP contribution in [0.3, 0.4) is 0 Å². The predicted octanol–water partition coefficient (Wildman–Crippen LogP) is 2.03. The van der Waals surface area contributed by atoms with Gasteiger partial charge in [-0.2, -0.15) is 0 Å². The van der Waals surface area contributed by atoms with Gasteiger partial charge >= 0.3 is 6.03 Å². The lowest BCUT2D eigenvalue weighted by Gasteiger charge is -2.22. The highest BCUT2D eigenvalue weighted by Gasteiger charge is 2.50. The second-order valence-electron chi connectivity index (χ2n) is 7.13. The first kappa shape index (κ1) is 21.3. The molecule has 1 aliphatic heterocycles. The molecule has 1 saturated heterocycles. The Kier molecular flexibility index (Phi) is 6.37. The number of nitrogens with zero attached hydrogens (tertiary/aromatic N) is 2. The van der Waals surface area contributed by atoms with Crippen molar-refractivity contribution >= 4 is 11.9 Å². The third-order valence-electron chi connectivity index (χ3n) is 4.88. The van der Waals surface area contributed by atoms with E-state index >= 15 is 0 Å². The Morgan fingerprint density at radius 1 is 1.30 bits per heavy atom. The first-order chi connectivity index (χ1) is 14.4. The van der Waals surface area contributed by atoms with Gasteiger partial charge in [-0.15, -0.1) is 6.58 Å². The van der Waals surface area contributed by atoms with Crippen molar-refractivity contribution in [2.45, 2.75) is 25.0 Å². The number of carbonyl (C=O) groups excluding carboxylic acids is 2. The summed E-state index contributed by atoms with van der Waals surface area (Å²) in [6.45, 7) is 4.98. The molecule has 1 fully saturated rings. The van der Waals surface area contributed by atoms with Crippen molar-refractivity contribution in [1.82, 2.24) is 15.2 Å². The SMILES string of the molecule is C=CCc1ccc(OC[C@@H](O)CN2C(=O)N[C@](C)(c3ccccn3)C2=O)c(OC)c1. The van der Waals surface area contributed by atoms with Gasteiger partial charge in [-0.05, 0) is 43.2 Å². The van der Waals surface area contributed by atoms with Crippen molar-refractivity contribution in [3.8, 4) is 11.5 Å². The summed E-state index contributed by atoms with van der Waals surface area (Å²) >= 11 is 0. The normalized spacial score (nSPS) is 19.4. The number of benzene rings is 1. The van der Waals surface area contributed by atoms with Gasteiger partial charge in [-0.1, -0.05) is 18.2 Å². The molecule has 0 bridgehead atoms. The van der Waals surface area contributed by atoms with Gasteiger partial charge in [0, 0.05) is 6.20 Å². The van der Waals surface area contributed by atoms with E-state index in [1.807, 2.05) is 12.1 Å². The highest BCUT2D eigenvalue weighted by Crippen LogP contribution is 2.29.